The first-order valence-electron chi connectivity index (χ1n) is 9.08. The fraction of sp³-hybridized carbons (Fsp3) is 0.824. The molecule has 1 aliphatic rings. The van der Waals surface area contributed by atoms with Crippen LogP contribution in [0.2, 0.25) is 0 Å². The molecule has 1 fully saturated rings. The molecule has 24 heavy (non-hydrogen) atoms. The molecular weight excluding hydrogens is 304 g/mol. The van der Waals surface area contributed by atoms with E-state index in [2.05, 4.69) is 53.5 Å². The van der Waals surface area contributed by atoms with E-state index in [4.69, 9.17) is 0 Å². The lowest BCUT2D eigenvalue weighted by molar-refractivity contribution is 0.0933. The Balaban J connectivity index is 1.92. The molecule has 0 aromatic carbocycles. The topological polar surface area (TPSA) is 75.1 Å². The van der Waals surface area contributed by atoms with Gasteiger partial charge in [0.15, 0.2) is 5.69 Å². The molecule has 1 saturated heterocycles. The molecule has 0 radical (unpaired) electrons. The van der Waals surface area contributed by atoms with E-state index >= 15 is 0 Å². The highest BCUT2D eigenvalue weighted by Crippen LogP contribution is 2.20. The number of hydrogen-bond acceptors (Lipinski definition) is 5. The van der Waals surface area contributed by atoms with Crippen LogP contribution in [0.4, 0.5) is 0 Å². The summed E-state index contributed by atoms with van der Waals surface area (Å²) in [6.07, 6.45) is 2.06. The van der Waals surface area contributed by atoms with E-state index in [1.54, 1.807) is 0 Å². The molecule has 7 nitrogen and oxygen atoms in total. The summed E-state index contributed by atoms with van der Waals surface area (Å²) < 4.78 is 1.92. The van der Waals surface area contributed by atoms with Gasteiger partial charge < -0.3 is 10.6 Å². The monoisotopic (exact) mass is 336 g/mol. The van der Waals surface area contributed by atoms with Gasteiger partial charge >= 0.3 is 0 Å². The zero-order valence-corrected chi connectivity index (χ0v) is 15.7. The second-order valence-corrected chi connectivity index (χ2v) is 7.13. The highest BCUT2D eigenvalue weighted by atomic mass is 16.2. The predicted molar refractivity (Wildman–Crippen MR) is 95.2 cm³/mol. The first kappa shape index (κ1) is 18.9. The van der Waals surface area contributed by atoms with E-state index in [0.717, 1.165) is 38.2 Å². The van der Waals surface area contributed by atoms with E-state index < -0.39 is 0 Å². The Labute approximate surface area is 145 Å². The summed E-state index contributed by atoms with van der Waals surface area (Å²) in [5.74, 6) is -0.125. The fourth-order valence-corrected chi connectivity index (χ4v) is 3.44. The summed E-state index contributed by atoms with van der Waals surface area (Å²) >= 11 is 0. The molecule has 1 aliphatic heterocycles. The summed E-state index contributed by atoms with van der Waals surface area (Å²) in [7, 11) is 0. The quantitative estimate of drug-likeness (QED) is 0.786. The highest BCUT2D eigenvalue weighted by Gasteiger charge is 2.23. The number of carbonyl (C=O) groups excluding carboxylic acids is 1. The molecule has 2 N–H and O–H groups in total. The van der Waals surface area contributed by atoms with Crippen LogP contribution in [0.5, 0.6) is 0 Å². The van der Waals surface area contributed by atoms with Crippen LogP contribution in [0.1, 0.15) is 62.8 Å². The van der Waals surface area contributed by atoms with Gasteiger partial charge in [0, 0.05) is 25.2 Å². The van der Waals surface area contributed by atoms with Gasteiger partial charge in [0.25, 0.3) is 5.91 Å². The first-order chi connectivity index (χ1) is 11.4. The van der Waals surface area contributed by atoms with Crippen molar-refractivity contribution < 1.29 is 4.79 Å². The normalized spacial score (nSPS) is 16.3. The molecule has 1 aromatic rings. The summed E-state index contributed by atoms with van der Waals surface area (Å²) in [6.45, 7) is 14.1. The van der Waals surface area contributed by atoms with Crippen LogP contribution in [-0.2, 0) is 0 Å². The van der Waals surface area contributed by atoms with Crippen LogP contribution in [0.15, 0.2) is 0 Å². The molecule has 0 saturated carbocycles. The molecule has 1 amide bonds. The minimum absolute atomic E-state index is 0.125. The fourth-order valence-electron chi connectivity index (χ4n) is 3.44. The molecule has 1 aromatic heterocycles. The zero-order valence-electron chi connectivity index (χ0n) is 15.7. The molecule has 2 heterocycles. The van der Waals surface area contributed by atoms with Gasteiger partial charge in [-0.25, -0.2) is 4.68 Å². The van der Waals surface area contributed by atoms with Crippen molar-refractivity contribution in [2.75, 3.05) is 26.2 Å². The largest absolute Gasteiger partial charge is 0.349 e. The summed E-state index contributed by atoms with van der Waals surface area (Å²) in [6, 6.07) is 1.27. The molecule has 136 valence electrons. The van der Waals surface area contributed by atoms with Gasteiger partial charge in [0.2, 0.25) is 0 Å². The third kappa shape index (κ3) is 4.54. The van der Waals surface area contributed by atoms with Gasteiger partial charge in [0.05, 0.1) is 11.7 Å². The maximum absolute atomic E-state index is 12.4. The molecule has 0 spiro atoms. The van der Waals surface area contributed by atoms with Crippen LogP contribution < -0.4 is 10.6 Å². The zero-order chi connectivity index (χ0) is 17.7. The summed E-state index contributed by atoms with van der Waals surface area (Å²) in [5, 5.41) is 14.7. The van der Waals surface area contributed by atoms with Gasteiger partial charge in [-0.15, -0.1) is 5.10 Å². The van der Waals surface area contributed by atoms with Crippen LogP contribution in [-0.4, -0.2) is 64.1 Å². The first-order valence-corrected chi connectivity index (χ1v) is 9.08. The molecule has 0 aliphatic carbocycles. The van der Waals surface area contributed by atoms with Crippen LogP contribution in [0.3, 0.4) is 0 Å². The maximum atomic E-state index is 12.4. The third-order valence-electron chi connectivity index (χ3n) is 4.78. The van der Waals surface area contributed by atoms with E-state index in [9.17, 15) is 4.79 Å². The molecular formula is C17H32N6O. The van der Waals surface area contributed by atoms with Crippen molar-refractivity contribution in [2.45, 2.75) is 65.6 Å². The van der Waals surface area contributed by atoms with Crippen molar-refractivity contribution in [3.8, 4) is 0 Å². The number of rotatable bonds is 7. The molecule has 0 atom stereocenters. The van der Waals surface area contributed by atoms with Crippen LogP contribution in [0, 0.1) is 6.92 Å². The van der Waals surface area contributed by atoms with Gasteiger partial charge in [-0.3, -0.25) is 9.69 Å². The Morgan fingerprint density at radius 3 is 2.50 bits per heavy atom. The number of aromatic nitrogens is 3. The molecule has 7 heteroatoms. The van der Waals surface area contributed by atoms with Crippen molar-refractivity contribution in [1.29, 1.82) is 0 Å². The van der Waals surface area contributed by atoms with E-state index in [0.29, 0.717) is 30.4 Å². The lowest BCUT2D eigenvalue weighted by atomic mass is 10.1. The molecule has 0 unspecified atom stereocenters. The maximum Gasteiger partial charge on any atom is 0.273 e. The van der Waals surface area contributed by atoms with Crippen molar-refractivity contribution in [1.82, 2.24) is 30.5 Å². The Hall–Kier alpha value is -1.47. The summed E-state index contributed by atoms with van der Waals surface area (Å²) in [5.41, 5.74) is 1.32. The lowest BCUT2D eigenvalue weighted by Gasteiger charge is -2.30. The Morgan fingerprint density at radius 2 is 1.92 bits per heavy atom. The van der Waals surface area contributed by atoms with Crippen molar-refractivity contribution >= 4 is 5.91 Å². The number of piperidine rings is 1. The third-order valence-corrected chi connectivity index (χ3v) is 4.78. The highest BCUT2D eigenvalue weighted by molar-refractivity contribution is 5.93. The van der Waals surface area contributed by atoms with Crippen molar-refractivity contribution in [3.63, 3.8) is 0 Å². The molecule has 0 bridgehead atoms. The second-order valence-electron chi connectivity index (χ2n) is 7.13. The number of nitrogens with zero attached hydrogens (tertiary/aromatic N) is 4. The van der Waals surface area contributed by atoms with Crippen molar-refractivity contribution in [2.24, 2.45) is 0 Å². The second kappa shape index (κ2) is 8.58. The Kier molecular flexibility index (Phi) is 6.74. The number of hydrogen-bond donors (Lipinski definition) is 2. The minimum Gasteiger partial charge on any atom is -0.349 e. The average Bonchev–Trinajstić information content (AvgIpc) is 2.93. The predicted octanol–water partition coefficient (Wildman–Crippen LogP) is 1.36. The Bertz CT molecular complexity index is 525. The number of amides is 1. The van der Waals surface area contributed by atoms with Gasteiger partial charge in [-0.1, -0.05) is 5.21 Å². The standard InChI is InChI=1S/C17H32N6O/c1-12(2)22(13(3)4)11-10-19-17(24)16-14(5)23(21-20-16)15-6-8-18-9-7-15/h12-13,15,18H,6-11H2,1-5H3,(H,19,24). The molecule has 2 rings (SSSR count). The minimum atomic E-state index is -0.125. The van der Waals surface area contributed by atoms with E-state index in [1.165, 1.54) is 0 Å². The van der Waals surface area contributed by atoms with Crippen LogP contribution in [0.25, 0.3) is 0 Å². The van der Waals surface area contributed by atoms with Crippen molar-refractivity contribution in [3.05, 3.63) is 11.4 Å². The number of carbonyl (C=O) groups is 1. The average molecular weight is 336 g/mol. The smallest absolute Gasteiger partial charge is 0.273 e. The van der Waals surface area contributed by atoms with Gasteiger partial charge in [-0.2, -0.15) is 0 Å². The van der Waals surface area contributed by atoms with E-state index in [-0.39, 0.29) is 5.91 Å². The number of nitrogens with one attached hydrogen (secondary N) is 2. The Morgan fingerprint density at radius 1 is 1.29 bits per heavy atom. The summed E-state index contributed by atoms with van der Waals surface area (Å²) in [4.78, 5) is 14.8. The van der Waals surface area contributed by atoms with Gasteiger partial charge in [-0.05, 0) is 60.5 Å². The van der Waals surface area contributed by atoms with Gasteiger partial charge in [0.1, 0.15) is 0 Å². The SMILES string of the molecule is Cc1c(C(=O)NCCN(C(C)C)C(C)C)nnn1C1CCNCC1. The lowest BCUT2D eigenvalue weighted by Crippen LogP contribution is -2.42. The van der Waals surface area contributed by atoms with Crippen LogP contribution >= 0.6 is 0 Å². The van der Waals surface area contributed by atoms with E-state index in [1.807, 2.05) is 11.6 Å².